The number of pyridine rings is 1. The number of thiocarbonyl (C=S) groups is 1. The molecule has 0 bridgehead atoms. The van der Waals surface area contributed by atoms with E-state index >= 15 is 0 Å². The van der Waals surface area contributed by atoms with E-state index < -0.39 is 15.4 Å². The molecule has 0 saturated carbocycles. The predicted molar refractivity (Wildman–Crippen MR) is 70.0 cm³/mol. The molecule has 94 valence electrons. The summed E-state index contributed by atoms with van der Waals surface area (Å²) >= 11 is 4.87. The van der Waals surface area contributed by atoms with Gasteiger partial charge in [-0.3, -0.25) is 4.98 Å². The maximum atomic E-state index is 11.9. The highest BCUT2D eigenvalue weighted by Crippen LogP contribution is 2.15. The van der Waals surface area contributed by atoms with Gasteiger partial charge in [0.2, 0.25) is 10.0 Å². The van der Waals surface area contributed by atoms with E-state index in [1.54, 1.807) is 19.9 Å². The highest BCUT2D eigenvalue weighted by atomic mass is 32.2. The second-order valence-corrected chi connectivity index (χ2v) is 6.47. The predicted octanol–water partition coefficient (Wildman–Crippen LogP) is 0.672. The fourth-order valence-corrected chi connectivity index (χ4v) is 2.20. The zero-order valence-corrected chi connectivity index (χ0v) is 11.3. The molecule has 0 spiro atoms. The van der Waals surface area contributed by atoms with E-state index in [9.17, 15) is 8.42 Å². The van der Waals surface area contributed by atoms with Crippen LogP contribution in [0.15, 0.2) is 29.4 Å². The van der Waals surface area contributed by atoms with Gasteiger partial charge in [0.25, 0.3) is 0 Å². The third-order valence-electron chi connectivity index (χ3n) is 2.32. The summed E-state index contributed by atoms with van der Waals surface area (Å²) in [5.41, 5.74) is 4.96. The van der Waals surface area contributed by atoms with Gasteiger partial charge in [0.05, 0.1) is 4.99 Å². The van der Waals surface area contributed by atoms with E-state index in [2.05, 4.69) is 9.71 Å². The largest absolute Gasteiger partial charge is 0.393 e. The molecule has 0 aliphatic heterocycles. The second-order valence-electron chi connectivity index (χ2n) is 4.26. The van der Waals surface area contributed by atoms with Crippen LogP contribution in [0.1, 0.15) is 13.8 Å². The maximum Gasteiger partial charge on any atom is 0.242 e. The van der Waals surface area contributed by atoms with Crippen LogP contribution in [0.3, 0.4) is 0 Å². The Morgan fingerprint density at radius 3 is 2.71 bits per heavy atom. The summed E-state index contributed by atoms with van der Waals surface area (Å²) in [4.78, 5) is 4.15. The summed E-state index contributed by atoms with van der Waals surface area (Å²) in [5, 5.41) is 0. The van der Waals surface area contributed by atoms with Gasteiger partial charge in [-0.15, -0.1) is 0 Å². The first-order chi connectivity index (χ1) is 7.76. The van der Waals surface area contributed by atoms with Crippen LogP contribution in [-0.2, 0) is 10.0 Å². The number of aromatic nitrogens is 1. The van der Waals surface area contributed by atoms with Gasteiger partial charge < -0.3 is 5.73 Å². The third kappa shape index (κ3) is 3.72. The van der Waals surface area contributed by atoms with Crippen molar-refractivity contribution >= 4 is 27.2 Å². The van der Waals surface area contributed by atoms with Gasteiger partial charge in [-0.05, 0) is 12.1 Å². The number of nitrogens with zero attached hydrogens (tertiary/aromatic N) is 1. The molecule has 5 nitrogen and oxygen atoms in total. The monoisotopic (exact) mass is 273 g/mol. The highest BCUT2D eigenvalue weighted by Gasteiger charge is 2.24. The van der Waals surface area contributed by atoms with E-state index in [0.717, 1.165) is 0 Å². The van der Waals surface area contributed by atoms with E-state index in [4.69, 9.17) is 18.0 Å². The normalized spacial score (nSPS) is 12.4. The molecule has 1 aromatic heterocycles. The molecule has 0 amide bonds. The number of nitrogens with one attached hydrogen (secondary N) is 1. The molecule has 0 fully saturated rings. The molecule has 17 heavy (non-hydrogen) atoms. The fraction of sp³-hybridized carbons (Fsp3) is 0.400. The average molecular weight is 273 g/mol. The van der Waals surface area contributed by atoms with Crippen LogP contribution < -0.4 is 10.5 Å². The summed E-state index contributed by atoms with van der Waals surface area (Å²) in [5.74, 6) is 0. The first-order valence-electron chi connectivity index (χ1n) is 4.95. The Bertz CT molecular complexity index is 498. The summed E-state index contributed by atoms with van der Waals surface area (Å²) in [6.07, 6.45) is 2.80. The molecule has 0 saturated heterocycles. The minimum Gasteiger partial charge on any atom is -0.393 e. The minimum absolute atomic E-state index is 0.124. The first kappa shape index (κ1) is 14.0. The Morgan fingerprint density at radius 1 is 1.59 bits per heavy atom. The Labute approximate surface area is 106 Å². The molecule has 0 atom stereocenters. The van der Waals surface area contributed by atoms with Crippen molar-refractivity contribution in [3.63, 3.8) is 0 Å². The molecule has 0 aromatic carbocycles. The molecule has 0 radical (unpaired) electrons. The summed E-state index contributed by atoms with van der Waals surface area (Å²) in [7, 11) is -3.55. The summed E-state index contributed by atoms with van der Waals surface area (Å²) in [6, 6.07) is 3.04. The number of hydrogen-bond acceptors (Lipinski definition) is 4. The zero-order chi connectivity index (χ0) is 13.1. The minimum atomic E-state index is -3.55. The highest BCUT2D eigenvalue weighted by molar-refractivity contribution is 7.89. The second kappa shape index (κ2) is 5.07. The molecule has 0 unspecified atom stereocenters. The van der Waals surface area contributed by atoms with Crippen molar-refractivity contribution in [3.8, 4) is 0 Å². The van der Waals surface area contributed by atoms with Crippen LogP contribution >= 0.6 is 12.2 Å². The van der Waals surface area contributed by atoms with Gasteiger partial charge in [0, 0.05) is 24.4 Å². The van der Waals surface area contributed by atoms with Crippen LogP contribution in [0.4, 0.5) is 0 Å². The quantitative estimate of drug-likeness (QED) is 0.770. The lowest BCUT2D eigenvalue weighted by molar-refractivity contribution is 0.501. The number of nitrogens with two attached hydrogens (primary N) is 1. The van der Waals surface area contributed by atoms with E-state index in [-0.39, 0.29) is 16.4 Å². The maximum absolute atomic E-state index is 11.9. The van der Waals surface area contributed by atoms with E-state index in [1.807, 2.05) is 0 Å². The van der Waals surface area contributed by atoms with Crippen LogP contribution in [0.2, 0.25) is 0 Å². The van der Waals surface area contributed by atoms with Gasteiger partial charge in [-0.25, -0.2) is 13.1 Å². The van der Waals surface area contributed by atoms with Crippen molar-refractivity contribution in [2.45, 2.75) is 18.7 Å². The average Bonchev–Trinajstić information content (AvgIpc) is 2.28. The SMILES string of the molecule is CC(C)(CNS(=O)(=O)c1cccnc1)C(N)=S. The van der Waals surface area contributed by atoms with Crippen LogP contribution in [0.5, 0.6) is 0 Å². The van der Waals surface area contributed by atoms with Crippen LogP contribution in [0, 0.1) is 5.41 Å². The molecular weight excluding hydrogens is 258 g/mol. The molecule has 3 N–H and O–H groups in total. The van der Waals surface area contributed by atoms with Gasteiger partial charge in [-0.1, -0.05) is 26.1 Å². The Hall–Kier alpha value is -1.05. The molecule has 0 aliphatic carbocycles. The third-order valence-corrected chi connectivity index (χ3v) is 4.25. The lowest BCUT2D eigenvalue weighted by atomic mass is 9.94. The zero-order valence-electron chi connectivity index (χ0n) is 9.67. The van der Waals surface area contributed by atoms with Crippen molar-refractivity contribution < 1.29 is 8.42 Å². The standard InChI is InChI=1S/C10H15N3O2S2/c1-10(2,9(11)16)7-13-17(14,15)8-4-3-5-12-6-8/h3-6,13H,7H2,1-2H3,(H2,11,16). The lowest BCUT2D eigenvalue weighted by Crippen LogP contribution is -2.41. The fourth-order valence-electron chi connectivity index (χ4n) is 0.952. The number of rotatable bonds is 5. The van der Waals surface area contributed by atoms with E-state index in [1.165, 1.54) is 18.5 Å². The lowest BCUT2D eigenvalue weighted by Gasteiger charge is -2.23. The topological polar surface area (TPSA) is 85.1 Å². The van der Waals surface area contributed by atoms with Crippen molar-refractivity contribution in [3.05, 3.63) is 24.5 Å². The molecule has 1 rings (SSSR count). The van der Waals surface area contributed by atoms with Gasteiger partial charge >= 0.3 is 0 Å². The Morgan fingerprint density at radius 2 is 2.24 bits per heavy atom. The van der Waals surface area contributed by atoms with Crippen LogP contribution in [-0.4, -0.2) is 24.9 Å². The van der Waals surface area contributed by atoms with Crippen molar-refractivity contribution in [1.29, 1.82) is 0 Å². The Balaban J connectivity index is 2.80. The molecule has 7 heteroatoms. The molecule has 1 aromatic rings. The van der Waals surface area contributed by atoms with Crippen LogP contribution in [0.25, 0.3) is 0 Å². The molecule has 1 heterocycles. The molecular formula is C10H15N3O2S2. The van der Waals surface area contributed by atoms with Crippen molar-refractivity contribution in [2.24, 2.45) is 11.1 Å². The van der Waals surface area contributed by atoms with Crippen molar-refractivity contribution in [1.82, 2.24) is 9.71 Å². The van der Waals surface area contributed by atoms with Gasteiger partial charge in [0.1, 0.15) is 4.90 Å². The molecule has 0 aliphatic rings. The Kier molecular flexibility index (Phi) is 4.18. The smallest absolute Gasteiger partial charge is 0.242 e. The van der Waals surface area contributed by atoms with E-state index in [0.29, 0.717) is 0 Å². The summed E-state index contributed by atoms with van der Waals surface area (Å²) < 4.78 is 26.2. The number of sulfonamides is 1. The number of hydrogen-bond donors (Lipinski definition) is 2. The van der Waals surface area contributed by atoms with Gasteiger partial charge in [-0.2, -0.15) is 0 Å². The van der Waals surface area contributed by atoms with Gasteiger partial charge in [0.15, 0.2) is 0 Å². The van der Waals surface area contributed by atoms with Crippen molar-refractivity contribution in [2.75, 3.05) is 6.54 Å². The summed E-state index contributed by atoms with van der Waals surface area (Å²) in [6.45, 7) is 3.71. The first-order valence-corrected chi connectivity index (χ1v) is 6.84.